The summed E-state index contributed by atoms with van der Waals surface area (Å²) in [4.78, 5) is 28.1. The van der Waals surface area contributed by atoms with Gasteiger partial charge in [-0.15, -0.1) is 0 Å². The van der Waals surface area contributed by atoms with Gasteiger partial charge in [0.05, 0.1) is 24.0 Å². The lowest BCUT2D eigenvalue weighted by Crippen LogP contribution is -2.38. The van der Waals surface area contributed by atoms with Crippen LogP contribution < -0.4 is 15.0 Å². The van der Waals surface area contributed by atoms with E-state index in [4.69, 9.17) is 4.74 Å². The lowest BCUT2D eigenvalue weighted by Gasteiger charge is -2.36. The van der Waals surface area contributed by atoms with Crippen LogP contribution in [0.25, 0.3) is 0 Å². The van der Waals surface area contributed by atoms with Gasteiger partial charge in [0.2, 0.25) is 5.91 Å². The Kier molecular flexibility index (Phi) is 5.14. The van der Waals surface area contributed by atoms with Crippen molar-refractivity contribution in [3.05, 3.63) is 65.4 Å². The molecular weight excluding hydrogens is 376 g/mol. The van der Waals surface area contributed by atoms with Crippen LogP contribution in [0.5, 0.6) is 5.75 Å². The molecule has 30 heavy (non-hydrogen) atoms. The van der Waals surface area contributed by atoms with E-state index in [1.165, 1.54) is 0 Å². The molecule has 0 unspecified atom stereocenters. The summed E-state index contributed by atoms with van der Waals surface area (Å²) < 4.78 is 5.59. The molecule has 0 fully saturated rings. The number of amides is 1. The zero-order chi connectivity index (χ0) is 21.5. The first-order valence-corrected chi connectivity index (χ1v) is 10.5. The van der Waals surface area contributed by atoms with Gasteiger partial charge in [0, 0.05) is 24.6 Å². The third kappa shape index (κ3) is 3.60. The molecule has 1 N–H and O–H groups in total. The zero-order valence-corrected chi connectivity index (χ0v) is 18.0. The average Bonchev–Trinajstić information content (AvgIpc) is 2.82. The van der Waals surface area contributed by atoms with Crippen LogP contribution in [0.15, 0.2) is 59.8 Å². The molecule has 4 rings (SSSR count). The molecule has 2 aliphatic rings. The first-order valence-electron chi connectivity index (χ1n) is 10.5. The number of rotatable bonds is 3. The van der Waals surface area contributed by atoms with Crippen LogP contribution in [-0.4, -0.2) is 18.3 Å². The number of hydrogen-bond acceptors (Lipinski definition) is 4. The van der Waals surface area contributed by atoms with E-state index >= 15 is 0 Å². The normalized spacial score (nSPS) is 20.1. The summed E-state index contributed by atoms with van der Waals surface area (Å²) in [6, 6.07) is 15.0. The molecule has 1 atom stereocenters. The summed E-state index contributed by atoms with van der Waals surface area (Å²) in [5, 5.41) is 3.50. The van der Waals surface area contributed by atoms with Crippen molar-refractivity contribution in [1.82, 2.24) is 0 Å². The summed E-state index contributed by atoms with van der Waals surface area (Å²) in [5.74, 6) is 0.759. The van der Waals surface area contributed by atoms with Crippen LogP contribution in [0, 0.1) is 5.41 Å². The van der Waals surface area contributed by atoms with Gasteiger partial charge in [-0.2, -0.15) is 0 Å². The highest BCUT2D eigenvalue weighted by Gasteiger charge is 2.42. The molecule has 0 saturated heterocycles. The van der Waals surface area contributed by atoms with E-state index < -0.39 is 6.04 Å². The Hall–Kier alpha value is -3.08. The number of allylic oxidation sites excluding steroid dienone is 1. The van der Waals surface area contributed by atoms with Crippen LogP contribution in [0.4, 0.5) is 11.4 Å². The van der Waals surface area contributed by atoms with Gasteiger partial charge in [0.25, 0.3) is 0 Å². The van der Waals surface area contributed by atoms with Crippen LogP contribution in [0.1, 0.15) is 52.1 Å². The van der Waals surface area contributed by atoms with Crippen LogP contribution in [-0.2, 0) is 9.59 Å². The molecule has 0 radical (unpaired) electrons. The van der Waals surface area contributed by atoms with Crippen LogP contribution in [0.2, 0.25) is 0 Å². The van der Waals surface area contributed by atoms with Gasteiger partial charge < -0.3 is 10.1 Å². The second-order valence-corrected chi connectivity index (χ2v) is 8.77. The molecule has 5 nitrogen and oxygen atoms in total. The van der Waals surface area contributed by atoms with Gasteiger partial charge in [0.15, 0.2) is 5.78 Å². The van der Waals surface area contributed by atoms with Gasteiger partial charge in [-0.25, -0.2) is 0 Å². The number of carbonyl (C=O) groups excluding carboxylic acids is 2. The zero-order valence-electron chi connectivity index (χ0n) is 18.0. The molecule has 1 amide bonds. The third-order valence-electron chi connectivity index (χ3n) is 5.75. The second kappa shape index (κ2) is 7.63. The minimum Gasteiger partial charge on any atom is -0.494 e. The average molecular weight is 405 g/mol. The van der Waals surface area contributed by atoms with E-state index in [0.717, 1.165) is 34.8 Å². The number of anilines is 2. The lowest BCUT2D eigenvalue weighted by molar-refractivity contribution is -0.118. The minimum absolute atomic E-state index is 0.0895. The van der Waals surface area contributed by atoms with E-state index in [0.29, 0.717) is 18.6 Å². The Morgan fingerprint density at radius 2 is 1.83 bits per heavy atom. The Morgan fingerprint density at radius 3 is 2.50 bits per heavy atom. The molecule has 2 aromatic carbocycles. The van der Waals surface area contributed by atoms with E-state index in [2.05, 4.69) is 19.2 Å². The summed E-state index contributed by atoms with van der Waals surface area (Å²) in [7, 11) is 0. The highest BCUT2D eigenvalue weighted by Crippen LogP contribution is 2.48. The minimum atomic E-state index is -0.479. The standard InChI is InChI=1S/C25H28N2O3/c1-5-30-18-12-10-17(11-13-18)24-23-20(14-25(3,4)15-22(23)29)26-19-8-6-7-9-21(19)27(24)16(2)28/h6-13,24,26H,5,14-15H2,1-4H3/t24-/m1/s1. The smallest absolute Gasteiger partial charge is 0.224 e. The SMILES string of the molecule is CCOc1ccc([C@@H]2C3=C(CC(C)(C)CC3=O)Nc3ccccc3N2C(C)=O)cc1. The maximum atomic E-state index is 13.4. The fourth-order valence-electron chi connectivity index (χ4n) is 4.56. The van der Waals surface area contributed by atoms with Crippen molar-refractivity contribution in [1.29, 1.82) is 0 Å². The number of hydrogen-bond donors (Lipinski definition) is 1. The van der Waals surface area contributed by atoms with Crippen molar-refractivity contribution in [2.45, 2.75) is 46.6 Å². The summed E-state index contributed by atoms with van der Waals surface area (Å²) in [6.07, 6.45) is 1.21. The first-order chi connectivity index (χ1) is 14.3. The largest absolute Gasteiger partial charge is 0.494 e. The number of para-hydroxylation sites is 2. The van der Waals surface area contributed by atoms with Crippen molar-refractivity contribution in [2.24, 2.45) is 5.41 Å². The van der Waals surface area contributed by atoms with E-state index in [1.54, 1.807) is 11.8 Å². The number of ether oxygens (including phenoxy) is 1. The summed E-state index contributed by atoms with van der Waals surface area (Å²) >= 11 is 0. The topological polar surface area (TPSA) is 58.6 Å². The predicted octanol–water partition coefficient (Wildman–Crippen LogP) is 5.25. The number of nitrogens with one attached hydrogen (secondary N) is 1. The predicted molar refractivity (Wildman–Crippen MR) is 119 cm³/mol. The number of nitrogens with zero attached hydrogens (tertiary/aromatic N) is 1. The Bertz CT molecular complexity index is 1020. The number of ketones is 1. The van der Waals surface area contributed by atoms with E-state index in [1.807, 2.05) is 55.5 Å². The Balaban J connectivity index is 1.94. The fraction of sp³-hybridized carbons (Fsp3) is 0.360. The molecule has 1 aliphatic heterocycles. The van der Waals surface area contributed by atoms with Crippen molar-refractivity contribution in [2.75, 3.05) is 16.8 Å². The third-order valence-corrected chi connectivity index (χ3v) is 5.75. The highest BCUT2D eigenvalue weighted by atomic mass is 16.5. The molecule has 0 saturated carbocycles. The molecule has 0 spiro atoms. The van der Waals surface area contributed by atoms with Crippen LogP contribution >= 0.6 is 0 Å². The fourth-order valence-corrected chi connectivity index (χ4v) is 4.56. The van der Waals surface area contributed by atoms with Crippen molar-refractivity contribution < 1.29 is 14.3 Å². The number of carbonyl (C=O) groups is 2. The molecule has 0 aromatic heterocycles. The van der Waals surface area contributed by atoms with Crippen LogP contribution in [0.3, 0.4) is 0 Å². The number of Topliss-reactive ketones (excluding diaryl/α,β-unsaturated/α-hetero) is 1. The molecule has 156 valence electrons. The number of benzene rings is 2. The van der Waals surface area contributed by atoms with Gasteiger partial charge in [0.1, 0.15) is 5.75 Å². The molecular formula is C25H28N2O3. The molecule has 2 aromatic rings. The monoisotopic (exact) mass is 404 g/mol. The summed E-state index contributed by atoms with van der Waals surface area (Å²) in [5.41, 5.74) is 3.99. The maximum Gasteiger partial charge on any atom is 0.224 e. The Morgan fingerprint density at radius 1 is 1.13 bits per heavy atom. The van der Waals surface area contributed by atoms with Crippen molar-refractivity contribution in [3.63, 3.8) is 0 Å². The van der Waals surface area contributed by atoms with Crippen molar-refractivity contribution in [3.8, 4) is 5.75 Å². The molecule has 0 bridgehead atoms. The first kappa shape index (κ1) is 20.2. The van der Waals surface area contributed by atoms with Gasteiger partial charge >= 0.3 is 0 Å². The van der Waals surface area contributed by atoms with E-state index in [9.17, 15) is 9.59 Å². The molecule has 1 aliphatic carbocycles. The van der Waals surface area contributed by atoms with Gasteiger partial charge in [-0.3, -0.25) is 14.5 Å². The second-order valence-electron chi connectivity index (χ2n) is 8.77. The van der Waals surface area contributed by atoms with Gasteiger partial charge in [-0.05, 0) is 48.6 Å². The Labute approximate surface area is 177 Å². The molecule has 1 heterocycles. The quantitative estimate of drug-likeness (QED) is 0.759. The number of fused-ring (bicyclic) bond motifs is 1. The van der Waals surface area contributed by atoms with Gasteiger partial charge in [-0.1, -0.05) is 38.1 Å². The highest BCUT2D eigenvalue weighted by molar-refractivity contribution is 6.05. The van der Waals surface area contributed by atoms with Crippen molar-refractivity contribution >= 4 is 23.1 Å². The summed E-state index contributed by atoms with van der Waals surface area (Å²) in [6.45, 7) is 8.31. The molecule has 5 heteroatoms. The van der Waals surface area contributed by atoms with E-state index in [-0.39, 0.29) is 17.1 Å². The maximum absolute atomic E-state index is 13.4. The lowest BCUT2D eigenvalue weighted by atomic mass is 9.73.